The van der Waals surface area contributed by atoms with Crippen molar-refractivity contribution < 1.29 is 13.2 Å². The van der Waals surface area contributed by atoms with E-state index in [2.05, 4.69) is 35.3 Å². The molecule has 0 bridgehead atoms. The van der Waals surface area contributed by atoms with Crippen LogP contribution in [0.3, 0.4) is 0 Å². The Morgan fingerprint density at radius 1 is 1.03 bits per heavy atom. The van der Waals surface area contributed by atoms with Crippen LogP contribution in [0.1, 0.15) is 24.4 Å². The summed E-state index contributed by atoms with van der Waals surface area (Å²) in [5.74, 6) is 0.934. The number of fused-ring (bicyclic) bond motifs is 1. The number of halogens is 4. The van der Waals surface area contributed by atoms with Crippen LogP contribution in [0.4, 0.5) is 19.0 Å². The van der Waals surface area contributed by atoms with Gasteiger partial charge in [-0.2, -0.15) is 23.0 Å². The lowest BCUT2D eigenvalue weighted by atomic mass is 10.1. The summed E-state index contributed by atoms with van der Waals surface area (Å²) in [5, 5.41) is 7.22. The molecule has 0 radical (unpaired) electrons. The predicted octanol–water partition coefficient (Wildman–Crippen LogP) is 3.85. The summed E-state index contributed by atoms with van der Waals surface area (Å²) in [4.78, 5) is 20.3. The van der Waals surface area contributed by atoms with Gasteiger partial charge in [-0.05, 0) is 25.1 Å². The summed E-state index contributed by atoms with van der Waals surface area (Å²) in [6, 6.07) is 3.39. The van der Waals surface area contributed by atoms with Crippen LogP contribution in [0.2, 0.25) is 5.02 Å². The molecule has 0 spiro atoms. The molecule has 0 saturated carbocycles. The molecule has 29 heavy (non-hydrogen) atoms. The summed E-state index contributed by atoms with van der Waals surface area (Å²) < 4.78 is 41.6. The van der Waals surface area contributed by atoms with Crippen LogP contribution >= 0.6 is 11.6 Å². The van der Waals surface area contributed by atoms with Crippen LogP contribution in [0.25, 0.3) is 16.9 Å². The Morgan fingerprint density at radius 2 is 1.79 bits per heavy atom. The van der Waals surface area contributed by atoms with E-state index >= 15 is 0 Å². The number of nitrogens with one attached hydrogen (secondary N) is 1. The summed E-state index contributed by atoms with van der Waals surface area (Å²) in [6.07, 6.45) is 0.909. The second-order valence-electron chi connectivity index (χ2n) is 6.01. The van der Waals surface area contributed by atoms with Gasteiger partial charge < -0.3 is 5.32 Å². The molecule has 0 saturated heterocycles. The van der Waals surface area contributed by atoms with E-state index in [1.807, 2.05) is 0 Å². The van der Waals surface area contributed by atoms with Crippen molar-refractivity contribution in [2.45, 2.75) is 19.1 Å². The van der Waals surface area contributed by atoms with E-state index in [9.17, 15) is 13.2 Å². The standard InChI is InChI=1S/C17H12ClF3N8/c1-9(15-26-8-27-29(15)16-22-3-2-4-23-16)28-14-11-5-10(18)6-12(17(19,20)21)13(11)24-7-25-14/h2-9H,1H3,(H,24,25,28)/t9-/m0/s1. The average Bonchev–Trinajstić information content (AvgIpc) is 3.18. The molecule has 0 aliphatic heterocycles. The third kappa shape index (κ3) is 3.68. The molecule has 0 aliphatic rings. The van der Waals surface area contributed by atoms with Crippen molar-refractivity contribution in [3.05, 3.63) is 59.7 Å². The lowest BCUT2D eigenvalue weighted by Gasteiger charge is -2.17. The molecule has 1 aromatic carbocycles. The largest absolute Gasteiger partial charge is 0.418 e. The second kappa shape index (κ2) is 7.24. The van der Waals surface area contributed by atoms with Crippen molar-refractivity contribution in [3.8, 4) is 5.95 Å². The number of hydrogen-bond donors (Lipinski definition) is 1. The Bertz CT molecular complexity index is 1160. The van der Waals surface area contributed by atoms with E-state index in [1.165, 1.54) is 17.1 Å². The van der Waals surface area contributed by atoms with Crippen LogP contribution in [0.15, 0.2) is 43.2 Å². The van der Waals surface area contributed by atoms with Crippen molar-refractivity contribution in [1.29, 1.82) is 0 Å². The maximum Gasteiger partial charge on any atom is 0.418 e. The SMILES string of the molecule is C[C@H](Nc1ncnc2c(C(F)(F)F)cc(Cl)cc12)c1ncnn1-c1ncccn1. The maximum atomic E-state index is 13.4. The minimum absolute atomic E-state index is 0.0730. The van der Waals surface area contributed by atoms with Crippen molar-refractivity contribution in [1.82, 2.24) is 34.7 Å². The van der Waals surface area contributed by atoms with E-state index in [-0.39, 0.29) is 21.7 Å². The van der Waals surface area contributed by atoms with Crippen LogP contribution in [0, 0.1) is 0 Å². The molecule has 0 unspecified atom stereocenters. The van der Waals surface area contributed by atoms with Crippen LogP contribution < -0.4 is 5.32 Å². The highest BCUT2D eigenvalue weighted by Gasteiger charge is 2.34. The number of benzene rings is 1. The second-order valence-corrected chi connectivity index (χ2v) is 6.45. The van der Waals surface area contributed by atoms with Crippen molar-refractivity contribution in [2.24, 2.45) is 0 Å². The first-order valence-electron chi connectivity index (χ1n) is 8.30. The molecule has 4 aromatic rings. The summed E-state index contributed by atoms with van der Waals surface area (Å²) in [6.45, 7) is 1.76. The van der Waals surface area contributed by atoms with Gasteiger partial charge in [0, 0.05) is 22.8 Å². The number of rotatable bonds is 4. The molecule has 0 amide bonds. The molecule has 0 aliphatic carbocycles. The Kier molecular flexibility index (Phi) is 4.74. The lowest BCUT2D eigenvalue weighted by Crippen LogP contribution is -2.16. The van der Waals surface area contributed by atoms with Gasteiger partial charge in [-0.3, -0.25) is 0 Å². The molecule has 1 N–H and O–H groups in total. The molecular formula is C17H12ClF3N8. The first-order chi connectivity index (χ1) is 13.8. The van der Waals surface area contributed by atoms with Gasteiger partial charge in [0.15, 0.2) is 5.82 Å². The molecule has 3 heterocycles. The van der Waals surface area contributed by atoms with Crippen LogP contribution in [-0.2, 0) is 6.18 Å². The van der Waals surface area contributed by atoms with Gasteiger partial charge >= 0.3 is 6.18 Å². The summed E-state index contributed by atoms with van der Waals surface area (Å²) >= 11 is 5.92. The zero-order chi connectivity index (χ0) is 20.6. The topological polar surface area (TPSA) is 94.3 Å². The van der Waals surface area contributed by atoms with Gasteiger partial charge in [-0.15, -0.1) is 0 Å². The summed E-state index contributed by atoms with van der Waals surface area (Å²) in [5.41, 5.74) is -1.18. The Labute approximate surface area is 166 Å². The van der Waals surface area contributed by atoms with Crippen molar-refractivity contribution >= 4 is 28.3 Å². The van der Waals surface area contributed by atoms with Crippen molar-refractivity contribution in [2.75, 3.05) is 5.32 Å². The maximum absolute atomic E-state index is 13.4. The fourth-order valence-corrected chi connectivity index (χ4v) is 3.05. The van der Waals surface area contributed by atoms with Crippen LogP contribution in [-0.4, -0.2) is 34.7 Å². The third-order valence-corrected chi connectivity index (χ3v) is 4.28. The molecule has 148 valence electrons. The average molecular weight is 421 g/mol. The molecule has 4 rings (SSSR count). The molecular weight excluding hydrogens is 409 g/mol. The van der Waals surface area contributed by atoms with Gasteiger partial charge in [-0.25, -0.2) is 24.9 Å². The zero-order valence-corrected chi connectivity index (χ0v) is 15.5. The van der Waals surface area contributed by atoms with E-state index in [0.29, 0.717) is 11.8 Å². The molecule has 12 heteroatoms. The smallest absolute Gasteiger partial charge is 0.360 e. The highest BCUT2D eigenvalue weighted by atomic mass is 35.5. The van der Waals surface area contributed by atoms with Gasteiger partial charge in [-0.1, -0.05) is 11.6 Å². The molecule has 0 fully saturated rings. The van der Waals surface area contributed by atoms with Gasteiger partial charge in [0.05, 0.1) is 17.1 Å². The number of anilines is 1. The number of alkyl halides is 3. The first-order valence-corrected chi connectivity index (χ1v) is 8.67. The van der Waals surface area contributed by atoms with E-state index in [1.54, 1.807) is 25.4 Å². The minimum Gasteiger partial charge on any atom is -0.360 e. The quantitative estimate of drug-likeness (QED) is 0.536. The molecule has 1 atom stereocenters. The number of aromatic nitrogens is 7. The minimum atomic E-state index is -4.61. The highest BCUT2D eigenvalue weighted by molar-refractivity contribution is 6.31. The van der Waals surface area contributed by atoms with E-state index < -0.39 is 17.8 Å². The lowest BCUT2D eigenvalue weighted by molar-refractivity contribution is -0.136. The zero-order valence-electron chi connectivity index (χ0n) is 14.8. The normalized spacial score (nSPS) is 12.9. The first kappa shape index (κ1) is 19.0. The monoisotopic (exact) mass is 420 g/mol. The fourth-order valence-electron chi connectivity index (χ4n) is 2.83. The van der Waals surface area contributed by atoms with Gasteiger partial charge in [0.2, 0.25) is 0 Å². The van der Waals surface area contributed by atoms with E-state index in [0.717, 1.165) is 12.4 Å². The summed E-state index contributed by atoms with van der Waals surface area (Å²) in [7, 11) is 0. The molecule has 3 aromatic heterocycles. The predicted molar refractivity (Wildman–Crippen MR) is 98.5 cm³/mol. The third-order valence-electron chi connectivity index (χ3n) is 4.07. The Morgan fingerprint density at radius 3 is 2.52 bits per heavy atom. The number of nitrogens with zero attached hydrogens (tertiary/aromatic N) is 7. The van der Waals surface area contributed by atoms with Crippen molar-refractivity contribution in [3.63, 3.8) is 0 Å². The van der Waals surface area contributed by atoms with Gasteiger partial charge in [0.25, 0.3) is 5.95 Å². The highest BCUT2D eigenvalue weighted by Crippen LogP contribution is 2.37. The van der Waals surface area contributed by atoms with Gasteiger partial charge in [0.1, 0.15) is 18.5 Å². The van der Waals surface area contributed by atoms with E-state index in [4.69, 9.17) is 11.6 Å². The Balaban J connectivity index is 1.75. The number of hydrogen-bond acceptors (Lipinski definition) is 7. The molecule has 8 nitrogen and oxygen atoms in total. The Hall–Kier alpha value is -3.34. The fraction of sp³-hybridized carbons (Fsp3) is 0.176. The van der Waals surface area contributed by atoms with Crippen LogP contribution in [0.5, 0.6) is 0 Å².